The second kappa shape index (κ2) is 21.2. The number of nitrogens with one attached hydrogen (secondary N) is 3. The minimum Gasteiger partial charge on any atom is -0.480 e. The van der Waals surface area contributed by atoms with E-state index in [1.54, 1.807) is 30.8 Å². The topological polar surface area (TPSA) is 167 Å². The van der Waals surface area contributed by atoms with E-state index in [4.69, 9.17) is 9.47 Å². The summed E-state index contributed by atoms with van der Waals surface area (Å²) in [6.07, 6.45) is 0.818. The maximum Gasteiger partial charge on any atom is 0.326 e. The Balaban J connectivity index is 2.26. The largest absolute Gasteiger partial charge is 0.480 e. The van der Waals surface area contributed by atoms with E-state index in [0.29, 0.717) is 19.4 Å². The zero-order chi connectivity index (χ0) is 39.3. The lowest BCUT2D eigenvalue weighted by atomic mass is 9.89. The van der Waals surface area contributed by atoms with Gasteiger partial charge in [-0.3, -0.25) is 19.2 Å². The van der Waals surface area contributed by atoms with Gasteiger partial charge in [-0.25, -0.2) is 4.79 Å². The van der Waals surface area contributed by atoms with Crippen molar-refractivity contribution in [3.05, 3.63) is 35.9 Å². The second-order valence-electron chi connectivity index (χ2n) is 14.9. The Bertz CT molecular complexity index is 1310. The summed E-state index contributed by atoms with van der Waals surface area (Å²) in [4.78, 5) is 70.3. The van der Waals surface area contributed by atoms with Crippen LogP contribution in [0, 0.1) is 23.7 Å². The van der Waals surface area contributed by atoms with Crippen LogP contribution in [0.25, 0.3) is 0 Å². The highest BCUT2D eigenvalue weighted by atomic mass is 16.5. The molecule has 1 aromatic carbocycles. The van der Waals surface area contributed by atoms with Crippen LogP contribution < -0.4 is 16.0 Å². The number of benzene rings is 1. The fourth-order valence-corrected chi connectivity index (χ4v) is 7.40. The molecule has 1 heterocycles. The average molecular weight is 732 g/mol. The summed E-state index contributed by atoms with van der Waals surface area (Å²) in [5.41, 5.74) is 0.785. The first kappa shape index (κ1) is 44.6. The number of carboxylic acids is 1. The monoisotopic (exact) mass is 731 g/mol. The van der Waals surface area contributed by atoms with Crippen molar-refractivity contribution in [2.45, 2.75) is 123 Å². The molecule has 4 amide bonds. The smallest absolute Gasteiger partial charge is 0.326 e. The molecule has 0 aliphatic carbocycles. The van der Waals surface area contributed by atoms with Crippen molar-refractivity contribution in [3.8, 4) is 0 Å². The summed E-state index contributed by atoms with van der Waals surface area (Å²) in [6.45, 7) is 13.9. The molecule has 4 N–H and O–H groups in total. The number of hydrogen-bond acceptors (Lipinski definition) is 8. The summed E-state index contributed by atoms with van der Waals surface area (Å²) in [7, 11) is 6.46. The molecule has 1 aromatic rings. The second-order valence-corrected chi connectivity index (χ2v) is 14.9. The van der Waals surface area contributed by atoms with E-state index in [-0.39, 0.29) is 48.3 Å². The number of nitrogens with zero attached hydrogens (tertiary/aromatic N) is 2. The van der Waals surface area contributed by atoms with Crippen molar-refractivity contribution in [3.63, 3.8) is 0 Å². The molecular weight excluding hydrogens is 666 g/mol. The van der Waals surface area contributed by atoms with E-state index >= 15 is 0 Å². The molecule has 13 nitrogen and oxygen atoms in total. The molecule has 0 bridgehead atoms. The molecule has 294 valence electrons. The Hall–Kier alpha value is -3.55. The third kappa shape index (κ3) is 11.7. The zero-order valence-electron chi connectivity index (χ0n) is 33.2. The van der Waals surface area contributed by atoms with Gasteiger partial charge in [0.1, 0.15) is 12.1 Å². The van der Waals surface area contributed by atoms with Crippen LogP contribution in [0.3, 0.4) is 0 Å². The lowest BCUT2D eigenvalue weighted by Crippen LogP contribution is -2.59. The molecule has 1 aliphatic rings. The maximum absolute atomic E-state index is 14.1. The lowest BCUT2D eigenvalue weighted by molar-refractivity contribution is -0.148. The molecule has 52 heavy (non-hydrogen) atoms. The van der Waals surface area contributed by atoms with Crippen molar-refractivity contribution < 1.29 is 38.6 Å². The standard InChI is InChI=1S/C39H65N5O8/c1-12-25(6)34(43(9)38(48)33(24(4)5)42-37(47)32(40-8)23(2)3)30(51-10)22-31(45)44-20-16-19-29(44)35(52-11)26(7)36(46)41-28(39(49)50)21-27-17-14-13-15-18-27/h13-15,17-18,23-26,28-30,32-35,40H,12,16,19-22H2,1-11H3,(H,41,46)(H,42,47)(H,49,50)/t25-,26+,28?,29?,30?,32?,33-,34?,35?/m0/s1. The first-order valence-corrected chi connectivity index (χ1v) is 18.7. The van der Waals surface area contributed by atoms with Gasteiger partial charge in [0.25, 0.3) is 0 Å². The van der Waals surface area contributed by atoms with Gasteiger partial charge < -0.3 is 40.3 Å². The van der Waals surface area contributed by atoms with E-state index in [9.17, 15) is 29.1 Å². The predicted molar refractivity (Wildman–Crippen MR) is 200 cm³/mol. The molecule has 1 saturated heterocycles. The number of hydrogen-bond donors (Lipinski definition) is 4. The van der Waals surface area contributed by atoms with Gasteiger partial charge in [-0.2, -0.15) is 0 Å². The Kier molecular flexibility index (Phi) is 18.2. The summed E-state index contributed by atoms with van der Waals surface area (Å²) < 4.78 is 11.8. The Labute approximate surface area is 310 Å². The SMILES string of the molecule is CC[C@H](C)C(C(CC(=O)N1CCCC1C(OC)[C@@H](C)C(=O)NC(Cc1ccccc1)C(=O)O)OC)N(C)C(=O)[C@@H](NC(=O)C(NC)C(C)C)C(C)C. The number of methoxy groups -OCH3 is 2. The molecule has 1 fully saturated rings. The highest BCUT2D eigenvalue weighted by Crippen LogP contribution is 2.29. The number of carbonyl (C=O) groups is 5. The van der Waals surface area contributed by atoms with Crippen LogP contribution in [0.1, 0.15) is 79.7 Å². The van der Waals surface area contributed by atoms with Crippen LogP contribution in [0.5, 0.6) is 0 Å². The normalized spacial score (nSPS) is 19.2. The molecule has 0 spiro atoms. The van der Waals surface area contributed by atoms with Crippen molar-refractivity contribution >= 4 is 29.6 Å². The van der Waals surface area contributed by atoms with E-state index in [1.165, 1.54) is 14.2 Å². The van der Waals surface area contributed by atoms with Gasteiger partial charge in [0, 0.05) is 34.2 Å². The maximum atomic E-state index is 14.1. The van der Waals surface area contributed by atoms with Crippen LogP contribution in [-0.2, 0) is 39.9 Å². The van der Waals surface area contributed by atoms with Gasteiger partial charge in [-0.1, -0.05) is 85.2 Å². The summed E-state index contributed by atoms with van der Waals surface area (Å²) in [5.74, 6) is -3.27. The molecule has 0 saturated carbocycles. The fourth-order valence-electron chi connectivity index (χ4n) is 7.40. The number of ether oxygens (including phenoxy) is 2. The fraction of sp³-hybridized carbons (Fsp3) is 0.718. The Morgan fingerprint density at radius 3 is 2.04 bits per heavy atom. The quantitative estimate of drug-likeness (QED) is 0.149. The van der Waals surface area contributed by atoms with Crippen molar-refractivity contribution in [2.24, 2.45) is 23.7 Å². The predicted octanol–water partition coefficient (Wildman–Crippen LogP) is 3.10. The Morgan fingerprint density at radius 1 is 0.923 bits per heavy atom. The molecule has 0 aromatic heterocycles. The number of carboxylic acid groups (broad SMARTS) is 1. The number of likely N-dealkylation sites (N-methyl/N-ethyl adjacent to an activating group) is 2. The Morgan fingerprint density at radius 2 is 1.54 bits per heavy atom. The van der Waals surface area contributed by atoms with E-state index in [2.05, 4.69) is 16.0 Å². The van der Waals surface area contributed by atoms with Gasteiger partial charge in [0.05, 0.1) is 42.7 Å². The zero-order valence-corrected chi connectivity index (χ0v) is 33.2. The highest BCUT2D eigenvalue weighted by Gasteiger charge is 2.43. The number of aliphatic carboxylic acids is 1. The van der Waals surface area contributed by atoms with Gasteiger partial charge >= 0.3 is 5.97 Å². The highest BCUT2D eigenvalue weighted by molar-refractivity contribution is 5.90. The number of likely N-dealkylation sites (tertiary alicyclic amines) is 1. The minimum atomic E-state index is -1.14. The van der Waals surface area contributed by atoms with E-state index < -0.39 is 60.2 Å². The lowest BCUT2D eigenvalue weighted by Gasteiger charge is -2.41. The minimum absolute atomic E-state index is 0.0112. The van der Waals surface area contributed by atoms with Gasteiger partial charge in [0.15, 0.2) is 0 Å². The van der Waals surface area contributed by atoms with E-state index in [1.807, 2.05) is 71.9 Å². The van der Waals surface area contributed by atoms with Crippen LogP contribution in [0.15, 0.2) is 30.3 Å². The third-order valence-electron chi connectivity index (χ3n) is 10.6. The molecule has 6 unspecified atom stereocenters. The molecule has 1 aliphatic heterocycles. The molecule has 0 radical (unpaired) electrons. The summed E-state index contributed by atoms with van der Waals surface area (Å²) in [6, 6.07) is 5.84. The van der Waals surface area contributed by atoms with Crippen LogP contribution in [0.2, 0.25) is 0 Å². The van der Waals surface area contributed by atoms with Gasteiger partial charge in [-0.15, -0.1) is 0 Å². The molecule has 9 atom stereocenters. The third-order valence-corrected chi connectivity index (χ3v) is 10.6. The van der Waals surface area contributed by atoms with Gasteiger partial charge in [0.2, 0.25) is 23.6 Å². The molecule has 13 heteroatoms. The number of rotatable bonds is 21. The molecule has 2 rings (SSSR count). The van der Waals surface area contributed by atoms with Crippen LogP contribution >= 0.6 is 0 Å². The first-order chi connectivity index (χ1) is 24.5. The number of carbonyl (C=O) groups excluding carboxylic acids is 4. The van der Waals surface area contributed by atoms with Crippen molar-refractivity contribution in [1.29, 1.82) is 0 Å². The first-order valence-electron chi connectivity index (χ1n) is 18.7. The van der Waals surface area contributed by atoms with Crippen LogP contribution in [0.4, 0.5) is 0 Å². The summed E-state index contributed by atoms with van der Waals surface area (Å²) >= 11 is 0. The van der Waals surface area contributed by atoms with Crippen LogP contribution in [-0.4, -0.2) is 122 Å². The van der Waals surface area contributed by atoms with Crippen molar-refractivity contribution in [1.82, 2.24) is 25.8 Å². The average Bonchev–Trinajstić information content (AvgIpc) is 3.59. The summed E-state index contributed by atoms with van der Waals surface area (Å²) in [5, 5.41) is 18.5. The molecular formula is C39H65N5O8. The van der Waals surface area contributed by atoms with Crippen molar-refractivity contribution in [2.75, 3.05) is 34.9 Å². The van der Waals surface area contributed by atoms with Gasteiger partial charge in [-0.05, 0) is 43.2 Å². The van der Waals surface area contributed by atoms with E-state index in [0.717, 1.165) is 12.0 Å². The number of amides is 4.